The standard InChI is InChI=1S/C21H22IN3O/c1-2-24-15-10-17-16-9-13(21(26)12-3-6-14(22)7-4-12)5-8-19(16)25-20(17)18(23)11-15/h3-9,15,18,24-25H,2,10-11,23H2,1H3. The van der Waals surface area contributed by atoms with Crippen molar-refractivity contribution in [2.24, 2.45) is 5.73 Å². The number of hydrogen-bond acceptors (Lipinski definition) is 3. The second-order valence-electron chi connectivity index (χ2n) is 6.91. The van der Waals surface area contributed by atoms with Crippen molar-refractivity contribution in [3.8, 4) is 0 Å². The van der Waals surface area contributed by atoms with Crippen LogP contribution in [0.25, 0.3) is 10.9 Å². The average molecular weight is 459 g/mol. The second-order valence-corrected chi connectivity index (χ2v) is 8.16. The van der Waals surface area contributed by atoms with E-state index in [4.69, 9.17) is 5.73 Å². The molecule has 1 aromatic heterocycles. The number of halogens is 1. The molecular weight excluding hydrogens is 437 g/mol. The fraction of sp³-hybridized carbons (Fsp3) is 0.286. The first-order valence-corrected chi connectivity index (χ1v) is 10.1. The predicted octanol–water partition coefficient (Wildman–Crippen LogP) is 3.93. The Balaban J connectivity index is 1.74. The van der Waals surface area contributed by atoms with Gasteiger partial charge in [-0.2, -0.15) is 0 Å². The number of benzene rings is 2. The van der Waals surface area contributed by atoms with Gasteiger partial charge in [-0.3, -0.25) is 4.79 Å². The number of carbonyl (C=O) groups is 1. The molecule has 4 N–H and O–H groups in total. The van der Waals surface area contributed by atoms with E-state index in [2.05, 4.69) is 39.8 Å². The number of nitrogens with one attached hydrogen (secondary N) is 2. The van der Waals surface area contributed by atoms with Crippen LogP contribution in [0.15, 0.2) is 42.5 Å². The lowest BCUT2D eigenvalue weighted by Gasteiger charge is -2.27. The zero-order chi connectivity index (χ0) is 18.3. The van der Waals surface area contributed by atoms with Crippen LogP contribution in [0.3, 0.4) is 0 Å². The maximum atomic E-state index is 12.9. The predicted molar refractivity (Wildman–Crippen MR) is 114 cm³/mol. The van der Waals surface area contributed by atoms with Crippen LogP contribution < -0.4 is 11.1 Å². The van der Waals surface area contributed by atoms with Gasteiger partial charge in [0, 0.05) is 43.4 Å². The Labute approximate surface area is 166 Å². The molecular formula is C21H22IN3O. The Morgan fingerprint density at radius 3 is 2.69 bits per heavy atom. The van der Waals surface area contributed by atoms with E-state index < -0.39 is 0 Å². The molecule has 0 amide bonds. The molecule has 134 valence electrons. The van der Waals surface area contributed by atoms with Crippen molar-refractivity contribution in [3.63, 3.8) is 0 Å². The third kappa shape index (κ3) is 3.19. The van der Waals surface area contributed by atoms with Crippen molar-refractivity contribution in [2.45, 2.75) is 31.8 Å². The van der Waals surface area contributed by atoms with Crippen molar-refractivity contribution >= 4 is 39.3 Å². The van der Waals surface area contributed by atoms with Crippen LogP contribution in [0.5, 0.6) is 0 Å². The number of H-pyrrole nitrogens is 1. The Hall–Kier alpha value is -1.70. The van der Waals surface area contributed by atoms with Crippen LogP contribution in [0.1, 0.15) is 46.6 Å². The van der Waals surface area contributed by atoms with Gasteiger partial charge in [-0.05, 0) is 90.0 Å². The van der Waals surface area contributed by atoms with Crippen LogP contribution in [0.2, 0.25) is 0 Å². The van der Waals surface area contributed by atoms with Crippen molar-refractivity contribution in [1.82, 2.24) is 10.3 Å². The highest BCUT2D eigenvalue weighted by Crippen LogP contribution is 2.34. The van der Waals surface area contributed by atoms with Crippen LogP contribution in [-0.2, 0) is 6.42 Å². The summed E-state index contributed by atoms with van der Waals surface area (Å²) in [4.78, 5) is 16.3. The topological polar surface area (TPSA) is 70.9 Å². The monoisotopic (exact) mass is 459 g/mol. The van der Waals surface area contributed by atoms with Crippen LogP contribution in [-0.4, -0.2) is 23.4 Å². The van der Waals surface area contributed by atoms with E-state index >= 15 is 0 Å². The highest BCUT2D eigenvalue weighted by Gasteiger charge is 2.27. The van der Waals surface area contributed by atoms with Crippen molar-refractivity contribution in [3.05, 3.63) is 68.4 Å². The van der Waals surface area contributed by atoms with Gasteiger partial charge in [-0.25, -0.2) is 0 Å². The number of rotatable bonds is 4. The number of nitrogens with two attached hydrogens (primary N) is 1. The van der Waals surface area contributed by atoms with E-state index in [9.17, 15) is 4.79 Å². The summed E-state index contributed by atoms with van der Waals surface area (Å²) in [6.45, 7) is 3.06. The lowest BCUT2D eigenvalue weighted by molar-refractivity contribution is 0.103. The molecule has 2 aromatic carbocycles. The van der Waals surface area contributed by atoms with E-state index in [-0.39, 0.29) is 11.8 Å². The summed E-state index contributed by atoms with van der Waals surface area (Å²) in [7, 11) is 0. The first kappa shape index (κ1) is 17.7. The lowest BCUT2D eigenvalue weighted by atomic mass is 9.88. The molecule has 2 unspecified atom stereocenters. The second kappa shape index (κ2) is 7.13. The number of carbonyl (C=O) groups excluding carboxylic acids is 1. The van der Waals surface area contributed by atoms with Gasteiger partial charge in [0.15, 0.2) is 5.78 Å². The summed E-state index contributed by atoms with van der Waals surface area (Å²) < 4.78 is 1.12. The van der Waals surface area contributed by atoms with E-state index in [1.807, 2.05) is 42.5 Å². The maximum Gasteiger partial charge on any atom is 0.193 e. The summed E-state index contributed by atoms with van der Waals surface area (Å²) in [6.07, 6.45) is 1.88. The molecule has 0 spiro atoms. The van der Waals surface area contributed by atoms with E-state index in [1.165, 1.54) is 5.56 Å². The summed E-state index contributed by atoms with van der Waals surface area (Å²) in [5.74, 6) is 0.0570. The molecule has 3 aromatic rings. The van der Waals surface area contributed by atoms with Crippen LogP contribution in [0.4, 0.5) is 0 Å². The van der Waals surface area contributed by atoms with Crippen LogP contribution in [0, 0.1) is 3.57 Å². The summed E-state index contributed by atoms with van der Waals surface area (Å²) in [5.41, 5.74) is 11.3. The van der Waals surface area contributed by atoms with Gasteiger partial charge < -0.3 is 16.0 Å². The van der Waals surface area contributed by atoms with Gasteiger partial charge in [0.25, 0.3) is 0 Å². The van der Waals surface area contributed by atoms with Gasteiger partial charge >= 0.3 is 0 Å². The molecule has 0 radical (unpaired) electrons. The Kier molecular flexibility index (Phi) is 4.86. The van der Waals surface area contributed by atoms with Crippen molar-refractivity contribution < 1.29 is 4.79 Å². The van der Waals surface area contributed by atoms with Crippen molar-refractivity contribution in [2.75, 3.05) is 6.54 Å². The molecule has 4 rings (SSSR count). The molecule has 0 saturated heterocycles. The number of hydrogen-bond donors (Lipinski definition) is 3. The molecule has 26 heavy (non-hydrogen) atoms. The Morgan fingerprint density at radius 1 is 1.23 bits per heavy atom. The smallest absolute Gasteiger partial charge is 0.193 e. The number of aromatic amines is 1. The molecule has 4 nitrogen and oxygen atoms in total. The largest absolute Gasteiger partial charge is 0.357 e. The molecule has 0 saturated carbocycles. The first-order chi connectivity index (χ1) is 12.6. The number of fused-ring (bicyclic) bond motifs is 3. The highest BCUT2D eigenvalue weighted by molar-refractivity contribution is 14.1. The summed E-state index contributed by atoms with van der Waals surface area (Å²) >= 11 is 2.25. The minimum absolute atomic E-state index is 0.00514. The number of likely N-dealkylation sites (N-methyl/N-ethyl adjacent to an activating group) is 1. The molecule has 1 aliphatic carbocycles. The summed E-state index contributed by atoms with van der Waals surface area (Å²) in [6, 6.07) is 14.0. The molecule has 0 bridgehead atoms. The van der Waals surface area contributed by atoms with Gasteiger partial charge in [0.2, 0.25) is 0 Å². The fourth-order valence-electron chi connectivity index (χ4n) is 3.91. The van der Waals surface area contributed by atoms with Crippen LogP contribution >= 0.6 is 22.6 Å². The van der Waals surface area contributed by atoms with Gasteiger partial charge in [0.05, 0.1) is 0 Å². The minimum atomic E-state index is 0.00514. The molecule has 1 aliphatic rings. The van der Waals surface area contributed by atoms with E-state index in [0.717, 1.165) is 50.7 Å². The fourth-order valence-corrected chi connectivity index (χ4v) is 4.27. The number of aromatic nitrogens is 1. The van der Waals surface area contributed by atoms with Gasteiger partial charge in [-0.15, -0.1) is 0 Å². The van der Waals surface area contributed by atoms with Crippen molar-refractivity contribution in [1.29, 1.82) is 0 Å². The summed E-state index contributed by atoms with van der Waals surface area (Å²) in [5, 5.41) is 4.64. The third-order valence-corrected chi connectivity index (χ3v) is 5.88. The SMILES string of the molecule is CCNC1Cc2c([nH]c3ccc(C(=O)c4ccc(I)cc4)cc23)C(N)C1. The first-order valence-electron chi connectivity index (χ1n) is 9.00. The normalized spacial score (nSPS) is 19.5. The quantitative estimate of drug-likeness (QED) is 0.409. The number of ketones is 1. The highest BCUT2D eigenvalue weighted by atomic mass is 127. The Bertz CT molecular complexity index is 961. The molecule has 5 heteroatoms. The molecule has 1 heterocycles. The van der Waals surface area contributed by atoms with E-state index in [0.29, 0.717) is 6.04 Å². The average Bonchev–Trinajstić information content (AvgIpc) is 3.01. The lowest BCUT2D eigenvalue weighted by Crippen LogP contribution is -2.37. The molecule has 0 aliphatic heterocycles. The van der Waals surface area contributed by atoms with Gasteiger partial charge in [-0.1, -0.05) is 6.92 Å². The zero-order valence-electron chi connectivity index (χ0n) is 14.7. The van der Waals surface area contributed by atoms with Gasteiger partial charge in [0.1, 0.15) is 0 Å². The molecule has 0 fully saturated rings. The molecule has 2 atom stereocenters. The van der Waals surface area contributed by atoms with E-state index in [1.54, 1.807) is 0 Å². The Morgan fingerprint density at radius 2 is 1.96 bits per heavy atom. The zero-order valence-corrected chi connectivity index (χ0v) is 16.8. The third-order valence-electron chi connectivity index (χ3n) is 5.16. The maximum absolute atomic E-state index is 12.9. The minimum Gasteiger partial charge on any atom is -0.357 e.